The molecule has 0 radical (unpaired) electrons. The Balaban J connectivity index is 2.01. The van der Waals surface area contributed by atoms with E-state index in [4.69, 9.17) is 5.11 Å². The lowest BCUT2D eigenvalue weighted by Gasteiger charge is -1.99. The van der Waals surface area contributed by atoms with Crippen molar-refractivity contribution in [1.82, 2.24) is 15.2 Å². The van der Waals surface area contributed by atoms with Gasteiger partial charge >= 0.3 is 5.97 Å². The number of carboxylic acid groups (broad SMARTS) is 1. The predicted molar refractivity (Wildman–Crippen MR) is 73.3 cm³/mol. The van der Waals surface area contributed by atoms with Crippen molar-refractivity contribution >= 4 is 40.1 Å². The van der Waals surface area contributed by atoms with E-state index in [1.54, 1.807) is 0 Å². The number of H-pyrrole nitrogens is 1. The predicted octanol–water partition coefficient (Wildman–Crippen LogP) is 0.655. The van der Waals surface area contributed by atoms with Crippen LogP contribution >= 0.6 is 23.1 Å². The van der Waals surface area contributed by atoms with E-state index in [2.05, 4.69) is 20.5 Å². The van der Waals surface area contributed by atoms with Crippen molar-refractivity contribution in [2.45, 2.75) is 4.34 Å². The summed E-state index contributed by atoms with van der Waals surface area (Å²) in [5.74, 6) is -1.57. The average Bonchev–Trinajstić information content (AvgIpc) is 2.84. The van der Waals surface area contributed by atoms with E-state index in [1.807, 2.05) is 0 Å². The van der Waals surface area contributed by atoms with Crippen molar-refractivity contribution in [3.63, 3.8) is 0 Å². The fourth-order valence-corrected chi connectivity index (χ4v) is 2.66. The summed E-state index contributed by atoms with van der Waals surface area (Å²) < 4.78 is 0.439. The Morgan fingerprint density at radius 1 is 1.45 bits per heavy atom. The second-order valence-corrected chi connectivity index (χ2v) is 5.65. The van der Waals surface area contributed by atoms with Crippen LogP contribution in [0.5, 0.6) is 0 Å². The number of hydrogen-bond donors (Lipinski definition) is 3. The van der Waals surface area contributed by atoms with Crippen molar-refractivity contribution in [3.05, 3.63) is 34.2 Å². The maximum atomic E-state index is 11.8. The fraction of sp³-hybridized carbons (Fsp3) is 0.100. The number of nitrogens with zero attached hydrogens (tertiary/aromatic N) is 2. The minimum absolute atomic E-state index is 0.128. The van der Waals surface area contributed by atoms with E-state index in [0.29, 0.717) is 4.34 Å². The average molecular weight is 312 g/mol. The van der Waals surface area contributed by atoms with Gasteiger partial charge in [0.2, 0.25) is 10.7 Å². The summed E-state index contributed by atoms with van der Waals surface area (Å²) in [5, 5.41) is 18.7. The Morgan fingerprint density at radius 3 is 2.95 bits per heavy atom. The second-order valence-electron chi connectivity index (χ2n) is 3.45. The summed E-state index contributed by atoms with van der Waals surface area (Å²) in [5.41, 5.74) is -0.184. The highest BCUT2D eigenvalue weighted by Crippen LogP contribution is 2.25. The molecule has 0 aromatic carbocycles. The maximum absolute atomic E-state index is 11.8. The van der Waals surface area contributed by atoms with E-state index in [-0.39, 0.29) is 22.0 Å². The van der Waals surface area contributed by atoms with Crippen LogP contribution in [0, 0.1) is 0 Å². The third-order valence-corrected chi connectivity index (χ3v) is 3.94. The number of thioether (sulfide) groups is 1. The van der Waals surface area contributed by atoms with Gasteiger partial charge in [-0.2, -0.15) is 0 Å². The van der Waals surface area contributed by atoms with Gasteiger partial charge in [-0.25, -0.2) is 0 Å². The number of amides is 1. The molecule has 20 heavy (non-hydrogen) atoms. The molecule has 10 heteroatoms. The van der Waals surface area contributed by atoms with E-state index < -0.39 is 11.9 Å². The van der Waals surface area contributed by atoms with E-state index in [9.17, 15) is 14.4 Å². The first-order valence-corrected chi connectivity index (χ1v) is 7.03. The molecular weight excluding hydrogens is 304 g/mol. The topological polar surface area (TPSA) is 125 Å². The van der Waals surface area contributed by atoms with Gasteiger partial charge in [0.25, 0.3) is 5.91 Å². The molecule has 0 unspecified atom stereocenters. The number of pyridine rings is 1. The van der Waals surface area contributed by atoms with Crippen LogP contribution in [0.2, 0.25) is 0 Å². The SMILES string of the molecule is O=C(O)CSc1nnc(NC(=O)c2cc[nH]c(=O)c2)s1. The molecule has 0 aliphatic rings. The van der Waals surface area contributed by atoms with Crippen molar-refractivity contribution in [2.24, 2.45) is 0 Å². The molecule has 2 aromatic heterocycles. The maximum Gasteiger partial charge on any atom is 0.313 e. The molecule has 0 aliphatic carbocycles. The highest BCUT2D eigenvalue weighted by molar-refractivity contribution is 8.01. The summed E-state index contributed by atoms with van der Waals surface area (Å²) in [7, 11) is 0. The van der Waals surface area contributed by atoms with Crippen LogP contribution < -0.4 is 10.9 Å². The van der Waals surface area contributed by atoms with E-state index >= 15 is 0 Å². The molecule has 0 saturated heterocycles. The van der Waals surface area contributed by atoms with Crippen molar-refractivity contribution in [1.29, 1.82) is 0 Å². The van der Waals surface area contributed by atoms with Crippen LogP contribution in [0.1, 0.15) is 10.4 Å². The monoisotopic (exact) mass is 312 g/mol. The molecule has 0 aliphatic heterocycles. The van der Waals surface area contributed by atoms with Gasteiger partial charge in [0.1, 0.15) is 0 Å². The van der Waals surface area contributed by atoms with Gasteiger partial charge < -0.3 is 10.1 Å². The van der Waals surface area contributed by atoms with Gasteiger partial charge in [-0.05, 0) is 6.07 Å². The molecule has 104 valence electrons. The van der Waals surface area contributed by atoms with Crippen LogP contribution in [0.4, 0.5) is 5.13 Å². The summed E-state index contributed by atoms with van der Waals surface area (Å²) in [4.78, 5) is 35.7. The Labute approximate surface area is 120 Å². The normalized spacial score (nSPS) is 10.2. The molecular formula is C10H8N4O4S2. The lowest BCUT2D eigenvalue weighted by molar-refractivity contribution is -0.133. The molecule has 2 rings (SSSR count). The first kappa shape index (κ1) is 14.2. The first-order chi connectivity index (χ1) is 9.54. The van der Waals surface area contributed by atoms with Crippen LogP contribution in [0.15, 0.2) is 27.5 Å². The summed E-state index contributed by atoms with van der Waals surface area (Å²) >= 11 is 2.08. The Bertz CT molecular complexity index is 696. The third-order valence-electron chi connectivity index (χ3n) is 1.98. The van der Waals surface area contributed by atoms with E-state index in [0.717, 1.165) is 29.2 Å². The van der Waals surface area contributed by atoms with Gasteiger partial charge in [0, 0.05) is 17.8 Å². The lowest BCUT2D eigenvalue weighted by Crippen LogP contribution is -2.15. The smallest absolute Gasteiger partial charge is 0.313 e. The van der Waals surface area contributed by atoms with Gasteiger partial charge in [-0.1, -0.05) is 23.1 Å². The number of nitrogens with one attached hydrogen (secondary N) is 2. The largest absolute Gasteiger partial charge is 0.481 e. The quantitative estimate of drug-likeness (QED) is 0.547. The third kappa shape index (κ3) is 3.90. The van der Waals surface area contributed by atoms with Gasteiger partial charge in [-0.15, -0.1) is 10.2 Å². The standard InChI is InChI=1S/C10H8N4O4S2/c15-6-3-5(1-2-11-6)8(18)12-9-13-14-10(20-9)19-4-7(16)17/h1-3H,4H2,(H,11,15)(H,16,17)(H,12,13,18). The van der Waals surface area contributed by atoms with Crippen molar-refractivity contribution in [3.8, 4) is 0 Å². The number of aromatic amines is 1. The lowest BCUT2D eigenvalue weighted by atomic mass is 10.2. The summed E-state index contributed by atoms with van der Waals surface area (Å²) in [6.07, 6.45) is 1.37. The van der Waals surface area contributed by atoms with Gasteiger partial charge in [-0.3, -0.25) is 19.7 Å². The Morgan fingerprint density at radius 2 is 2.25 bits per heavy atom. The van der Waals surface area contributed by atoms with Crippen LogP contribution in [-0.2, 0) is 4.79 Å². The minimum atomic E-state index is -0.959. The molecule has 2 aromatic rings. The highest BCUT2D eigenvalue weighted by atomic mass is 32.2. The molecule has 0 bridgehead atoms. The zero-order chi connectivity index (χ0) is 14.5. The zero-order valence-corrected chi connectivity index (χ0v) is 11.5. The fourth-order valence-electron chi connectivity index (χ4n) is 1.20. The molecule has 2 heterocycles. The van der Waals surface area contributed by atoms with Crippen LogP contribution in [-0.4, -0.2) is 37.9 Å². The number of hydrogen-bond acceptors (Lipinski definition) is 7. The van der Waals surface area contributed by atoms with E-state index in [1.165, 1.54) is 12.3 Å². The number of carboxylic acids is 1. The number of aliphatic carboxylic acids is 1. The van der Waals surface area contributed by atoms with Crippen LogP contribution in [0.3, 0.4) is 0 Å². The minimum Gasteiger partial charge on any atom is -0.481 e. The molecule has 0 saturated carbocycles. The summed E-state index contributed by atoms with van der Waals surface area (Å²) in [6.45, 7) is 0. The number of carbonyl (C=O) groups is 2. The Hall–Kier alpha value is -2.20. The molecule has 0 fully saturated rings. The molecule has 8 nitrogen and oxygen atoms in total. The van der Waals surface area contributed by atoms with Crippen LogP contribution in [0.25, 0.3) is 0 Å². The number of anilines is 1. The Kier molecular flexibility index (Phi) is 4.48. The number of rotatable bonds is 5. The highest BCUT2D eigenvalue weighted by Gasteiger charge is 2.11. The van der Waals surface area contributed by atoms with Gasteiger partial charge in [0.15, 0.2) is 4.34 Å². The zero-order valence-electron chi connectivity index (χ0n) is 9.82. The molecule has 0 atom stereocenters. The number of carbonyl (C=O) groups excluding carboxylic acids is 1. The molecule has 1 amide bonds. The number of aromatic nitrogens is 3. The molecule has 0 spiro atoms. The van der Waals surface area contributed by atoms with Gasteiger partial charge in [0.05, 0.1) is 5.75 Å². The second kappa shape index (κ2) is 6.30. The van der Waals surface area contributed by atoms with Crippen molar-refractivity contribution < 1.29 is 14.7 Å². The first-order valence-electron chi connectivity index (χ1n) is 5.23. The summed E-state index contributed by atoms with van der Waals surface area (Å²) in [6, 6.07) is 2.62. The van der Waals surface area contributed by atoms with Crippen molar-refractivity contribution in [2.75, 3.05) is 11.1 Å². The molecule has 3 N–H and O–H groups in total.